The summed E-state index contributed by atoms with van der Waals surface area (Å²) >= 11 is 0. The average Bonchev–Trinajstić information content (AvgIpc) is 2.78. The Morgan fingerprint density at radius 2 is 1.73 bits per heavy atom. The largest absolute Gasteiger partial charge is 0.314 e. The molecule has 2 nitrogen and oxygen atoms in total. The second-order valence-electron chi connectivity index (χ2n) is 5.66. The molecule has 3 aliphatic rings. The van der Waals surface area contributed by atoms with Gasteiger partial charge >= 0.3 is 0 Å². The molecule has 15 heavy (non-hydrogen) atoms. The van der Waals surface area contributed by atoms with Crippen LogP contribution in [0.1, 0.15) is 44.9 Å². The van der Waals surface area contributed by atoms with Gasteiger partial charge in [-0.2, -0.15) is 0 Å². The summed E-state index contributed by atoms with van der Waals surface area (Å²) < 4.78 is 0. The third kappa shape index (κ3) is 1.94. The second-order valence-corrected chi connectivity index (χ2v) is 5.66. The van der Waals surface area contributed by atoms with Gasteiger partial charge in [-0.25, -0.2) is 0 Å². The van der Waals surface area contributed by atoms with Crippen LogP contribution in [0.5, 0.6) is 0 Å². The van der Waals surface area contributed by atoms with Crippen molar-refractivity contribution < 1.29 is 0 Å². The number of hydrogen-bond acceptors (Lipinski definition) is 2. The molecular weight excluding hydrogens is 184 g/mol. The molecule has 1 aliphatic carbocycles. The zero-order chi connectivity index (χ0) is 10.1. The standard InChI is InChI=1S/C13H24N2/c1-2-5-11(6-3-1)13-10-14-9-12-7-4-8-15(12)13/h11-14H,1-10H2/t12-,13?/m1/s1. The Hall–Kier alpha value is -0.0800. The third-order valence-corrected chi connectivity index (χ3v) is 4.78. The molecule has 0 aromatic heterocycles. The smallest absolute Gasteiger partial charge is 0.0252 e. The summed E-state index contributed by atoms with van der Waals surface area (Å²) in [7, 11) is 0. The van der Waals surface area contributed by atoms with E-state index in [0.717, 1.165) is 18.0 Å². The van der Waals surface area contributed by atoms with Gasteiger partial charge in [0.05, 0.1) is 0 Å². The van der Waals surface area contributed by atoms with Gasteiger partial charge in [-0.1, -0.05) is 19.3 Å². The van der Waals surface area contributed by atoms with E-state index in [9.17, 15) is 0 Å². The minimum atomic E-state index is 0.880. The Kier molecular flexibility index (Phi) is 2.98. The van der Waals surface area contributed by atoms with Gasteiger partial charge in [0.2, 0.25) is 0 Å². The highest BCUT2D eigenvalue weighted by Gasteiger charge is 2.37. The highest BCUT2D eigenvalue weighted by Crippen LogP contribution is 2.33. The van der Waals surface area contributed by atoms with E-state index < -0.39 is 0 Å². The van der Waals surface area contributed by atoms with Crippen molar-refractivity contribution in [2.24, 2.45) is 5.92 Å². The van der Waals surface area contributed by atoms with Crippen LogP contribution in [0.3, 0.4) is 0 Å². The molecule has 0 aromatic rings. The van der Waals surface area contributed by atoms with E-state index in [1.165, 1.54) is 64.6 Å². The van der Waals surface area contributed by atoms with E-state index in [2.05, 4.69) is 10.2 Å². The summed E-state index contributed by atoms with van der Waals surface area (Å²) in [5, 5.41) is 3.66. The summed E-state index contributed by atoms with van der Waals surface area (Å²) in [6.07, 6.45) is 10.3. The van der Waals surface area contributed by atoms with Gasteiger partial charge in [0, 0.05) is 25.2 Å². The lowest BCUT2D eigenvalue weighted by Gasteiger charge is -2.43. The molecule has 2 saturated heterocycles. The SMILES string of the molecule is C1CCC(C2CNC[C@H]3CCCN23)CC1. The number of nitrogens with one attached hydrogen (secondary N) is 1. The van der Waals surface area contributed by atoms with E-state index in [4.69, 9.17) is 0 Å². The molecule has 86 valence electrons. The van der Waals surface area contributed by atoms with Gasteiger partial charge in [-0.3, -0.25) is 4.90 Å². The van der Waals surface area contributed by atoms with E-state index in [0.29, 0.717) is 0 Å². The summed E-state index contributed by atoms with van der Waals surface area (Å²) in [6.45, 7) is 3.90. The first kappa shape index (κ1) is 10.1. The second kappa shape index (κ2) is 4.42. The van der Waals surface area contributed by atoms with E-state index in [1.807, 2.05) is 0 Å². The minimum absolute atomic E-state index is 0.880. The molecule has 0 radical (unpaired) electrons. The molecule has 2 aliphatic heterocycles. The summed E-state index contributed by atoms with van der Waals surface area (Å²) in [5.41, 5.74) is 0. The maximum Gasteiger partial charge on any atom is 0.0252 e. The first-order valence-corrected chi connectivity index (χ1v) is 6.91. The number of fused-ring (bicyclic) bond motifs is 1. The fourth-order valence-electron chi connectivity index (χ4n) is 3.99. The third-order valence-electron chi connectivity index (χ3n) is 4.78. The first-order valence-electron chi connectivity index (χ1n) is 6.91. The lowest BCUT2D eigenvalue weighted by atomic mass is 9.82. The van der Waals surface area contributed by atoms with Crippen LogP contribution in [0, 0.1) is 5.92 Å². The predicted octanol–water partition coefficient (Wildman–Crippen LogP) is 2.00. The molecule has 2 atom stereocenters. The van der Waals surface area contributed by atoms with Crippen molar-refractivity contribution >= 4 is 0 Å². The van der Waals surface area contributed by atoms with Gasteiger partial charge in [0.25, 0.3) is 0 Å². The number of hydrogen-bond donors (Lipinski definition) is 1. The number of rotatable bonds is 1. The van der Waals surface area contributed by atoms with Crippen LogP contribution < -0.4 is 5.32 Å². The fourth-order valence-corrected chi connectivity index (χ4v) is 3.99. The quantitative estimate of drug-likeness (QED) is 0.709. The molecule has 2 heteroatoms. The van der Waals surface area contributed by atoms with Crippen molar-refractivity contribution in [3.8, 4) is 0 Å². The maximum absolute atomic E-state index is 3.66. The van der Waals surface area contributed by atoms with Crippen molar-refractivity contribution in [1.82, 2.24) is 10.2 Å². The van der Waals surface area contributed by atoms with Crippen LogP contribution in [-0.4, -0.2) is 36.6 Å². The normalized spacial score (nSPS) is 39.2. The van der Waals surface area contributed by atoms with Crippen molar-refractivity contribution in [3.05, 3.63) is 0 Å². The van der Waals surface area contributed by atoms with E-state index >= 15 is 0 Å². The van der Waals surface area contributed by atoms with Gasteiger partial charge < -0.3 is 5.32 Å². The molecule has 0 aromatic carbocycles. The van der Waals surface area contributed by atoms with Gasteiger partial charge in [0.1, 0.15) is 0 Å². The average molecular weight is 208 g/mol. The summed E-state index contributed by atoms with van der Waals surface area (Å²) in [6, 6.07) is 1.76. The Bertz CT molecular complexity index is 211. The molecular formula is C13H24N2. The Balaban J connectivity index is 1.67. The minimum Gasteiger partial charge on any atom is -0.314 e. The van der Waals surface area contributed by atoms with Crippen molar-refractivity contribution in [3.63, 3.8) is 0 Å². The maximum atomic E-state index is 3.66. The molecule has 2 heterocycles. The monoisotopic (exact) mass is 208 g/mol. The molecule has 1 saturated carbocycles. The molecule has 3 rings (SSSR count). The fraction of sp³-hybridized carbons (Fsp3) is 1.00. The highest BCUT2D eigenvalue weighted by molar-refractivity contribution is 4.94. The molecule has 3 fully saturated rings. The zero-order valence-corrected chi connectivity index (χ0v) is 9.75. The number of piperazine rings is 1. The summed E-state index contributed by atoms with van der Waals surface area (Å²) in [4.78, 5) is 2.84. The Labute approximate surface area is 93.4 Å². The van der Waals surface area contributed by atoms with E-state index in [-0.39, 0.29) is 0 Å². The molecule has 0 spiro atoms. The van der Waals surface area contributed by atoms with Crippen molar-refractivity contribution in [2.45, 2.75) is 57.0 Å². The lowest BCUT2D eigenvalue weighted by molar-refractivity contribution is 0.0762. The van der Waals surface area contributed by atoms with Crippen molar-refractivity contribution in [2.75, 3.05) is 19.6 Å². The van der Waals surface area contributed by atoms with Gasteiger partial charge in [0.15, 0.2) is 0 Å². The predicted molar refractivity (Wildman–Crippen MR) is 63.0 cm³/mol. The van der Waals surface area contributed by atoms with Gasteiger partial charge in [-0.05, 0) is 38.1 Å². The van der Waals surface area contributed by atoms with Crippen LogP contribution in [0.25, 0.3) is 0 Å². The zero-order valence-electron chi connectivity index (χ0n) is 9.75. The highest BCUT2D eigenvalue weighted by atomic mass is 15.3. The Morgan fingerprint density at radius 3 is 2.60 bits per heavy atom. The van der Waals surface area contributed by atoms with Crippen LogP contribution in [0.15, 0.2) is 0 Å². The lowest BCUT2D eigenvalue weighted by Crippen LogP contribution is -2.57. The van der Waals surface area contributed by atoms with Crippen LogP contribution in [0.4, 0.5) is 0 Å². The molecule has 1 unspecified atom stereocenters. The molecule has 1 N–H and O–H groups in total. The first-order chi connectivity index (χ1) is 7.45. The van der Waals surface area contributed by atoms with Crippen LogP contribution in [0.2, 0.25) is 0 Å². The van der Waals surface area contributed by atoms with Crippen LogP contribution in [-0.2, 0) is 0 Å². The van der Waals surface area contributed by atoms with E-state index in [1.54, 1.807) is 0 Å². The number of nitrogens with zero attached hydrogens (tertiary/aromatic N) is 1. The topological polar surface area (TPSA) is 15.3 Å². The van der Waals surface area contributed by atoms with Crippen molar-refractivity contribution in [1.29, 1.82) is 0 Å². The summed E-state index contributed by atoms with van der Waals surface area (Å²) in [5.74, 6) is 1.01. The molecule has 0 amide bonds. The Morgan fingerprint density at radius 1 is 0.867 bits per heavy atom. The van der Waals surface area contributed by atoms with Gasteiger partial charge in [-0.15, -0.1) is 0 Å². The van der Waals surface area contributed by atoms with Crippen LogP contribution >= 0.6 is 0 Å². The molecule has 0 bridgehead atoms.